The van der Waals surface area contributed by atoms with Gasteiger partial charge in [0.15, 0.2) is 5.82 Å². The zero-order valence-electron chi connectivity index (χ0n) is 19.8. The maximum Gasteiger partial charge on any atom is 0.315 e. The number of aryl methyl sites for hydroxylation is 1. The quantitative estimate of drug-likeness (QED) is 0.125. The van der Waals surface area contributed by atoms with Crippen LogP contribution in [0.2, 0.25) is 0 Å². The predicted molar refractivity (Wildman–Crippen MR) is 135 cm³/mol. The summed E-state index contributed by atoms with van der Waals surface area (Å²) in [5, 5.41) is 0. The van der Waals surface area contributed by atoms with Gasteiger partial charge in [0.25, 0.3) is 0 Å². The van der Waals surface area contributed by atoms with Crippen molar-refractivity contribution in [3.05, 3.63) is 78.6 Å². The number of nitrogens with zero attached hydrogens (tertiary/aromatic N) is 2. The molecule has 4 heteroatoms. The minimum absolute atomic E-state index is 0.250. The van der Waals surface area contributed by atoms with Crippen LogP contribution in [0.4, 0.5) is 0 Å². The molecule has 1 heterocycles. The number of ether oxygens (including phenoxy) is 1. The average molecular weight is 443 g/mol. The fourth-order valence-corrected chi connectivity index (χ4v) is 3.53. The Morgan fingerprint density at radius 2 is 1.45 bits per heavy atom. The molecular weight excluding hydrogens is 408 g/mol. The lowest BCUT2D eigenvalue weighted by Gasteiger charge is -2.06. The van der Waals surface area contributed by atoms with Crippen molar-refractivity contribution in [1.29, 1.82) is 0 Å². The molecule has 0 saturated heterocycles. The number of aromatic nitrogens is 2. The Kier molecular flexibility index (Phi) is 9.84. The summed E-state index contributed by atoms with van der Waals surface area (Å²) >= 11 is 0. The molecule has 3 aromatic rings. The summed E-state index contributed by atoms with van der Waals surface area (Å²) in [4.78, 5) is 21.1. The van der Waals surface area contributed by atoms with E-state index in [-0.39, 0.29) is 5.97 Å². The lowest BCUT2D eigenvalue weighted by atomic mass is 10.0. The summed E-state index contributed by atoms with van der Waals surface area (Å²) in [6.45, 7) is 4.38. The predicted octanol–water partition coefficient (Wildman–Crippen LogP) is 7.59. The first-order valence-electron chi connectivity index (χ1n) is 12.1. The first-order valence-corrected chi connectivity index (χ1v) is 12.1. The van der Waals surface area contributed by atoms with E-state index < -0.39 is 0 Å². The standard InChI is InChI=1S/C29H34N2O2/c1-3-5-7-8-10-12-28(32)33-27-19-17-24(18-20-27)26-21-30-29(31-22-26)25-15-13-23(14-16-25)11-9-6-4-2/h8,10,13-22H,3-7,9,11-12H2,1-2H3/b10-8-. The van der Waals surface area contributed by atoms with Gasteiger partial charge in [0.1, 0.15) is 5.75 Å². The van der Waals surface area contributed by atoms with Gasteiger partial charge in [-0.05, 0) is 42.5 Å². The van der Waals surface area contributed by atoms with E-state index in [9.17, 15) is 4.79 Å². The van der Waals surface area contributed by atoms with Gasteiger partial charge in [0.2, 0.25) is 0 Å². The van der Waals surface area contributed by atoms with E-state index in [1.54, 1.807) is 12.1 Å². The molecule has 0 unspecified atom stereocenters. The van der Waals surface area contributed by atoms with Crippen LogP contribution in [-0.2, 0) is 11.2 Å². The van der Waals surface area contributed by atoms with Crippen molar-refractivity contribution < 1.29 is 9.53 Å². The van der Waals surface area contributed by atoms with E-state index in [0.717, 1.165) is 48.2 Å². The Balaban J connectivity index is 1.55. The first kappa shape index (κ1) is 24.4. The molecule has 33 heavy (non-hydrogen) atoms. The molecule has 3 rings (SSSR count). The van der Waals surface area contributed by atoms with Crippen LogP contribution in [0.1, 0.15) is 64.4 Å². The number of hydrogen-bond acceptors (Lipinski definition) is 4. The maximum atomic E-state index is 12.0. The summed E-state index contributed by atoms with van der Waals surface area (Å²) in [5.74, 6) is 1.01. The van der Waals surface area contributed by atoms with Crippen LogP contribution >= 0.6 is 0 Å². The number of carbonyl (C=O) groups excluding carboxylic acids is 1. The van der Waals surface area contributed by atoms with Crippen molar-refractivity contribution in [3.63, 3.8) is 0 Å². The van der Waals surface area contributed by atoms with E-state index in [0.29, 0.717) is 12.2 Å². The molecule has 0 saturated carbocycles. The third kappa shape index (κ3) is 7.98. The lowest BCUT2D eigenvalue weighted by molar-refractivity contribution is -0.133. The monoisotopic (exact) mass is 442 g/mol. The van der Waals surface area contributed by atoms with Gasteiger partial charge in [-0.25, -0.2) is 9.97 Å². The Hall–Kier alpha value is -3.27. The molecule has 0 atom stereocenters. The molecule has 4 nitrogen and oxygen atoms in total. The highest BCUT2D eigenvalue weighted by Crippen LogP contribution is 2.23. The molecule has 0 N–H and O–H groups in total. The number of unbranched alkanes of at least 4 members (excludes halogenated alkanes) is 4. The van der Waals surface area contributed by atoms with Gasteiger partial charge in [-0.2, -0.15) is 0 Å². The van der Waals surface area contributed by atoms with Gasteiger partial charge in [0, 0.05) is 23.5 Å². The second kappa shape index (κ2) is 13.3. The number of rotatable bonds is 12. The van der Waals surface area contributed by atoms with Crippen molar-refractivity contribution in [3.8, 4) is 28.3 Å². The zero-order chi connectivity index (χ0) is 23.3. The maximum absolute atomic E-state index is 12.0. The Bertz CT molecular complexity index is 1010. The SMILES string of the molecule is CCCC/C=C\CC(=O)Oc1ccc(-c2cnc(-c3ccc(CCCCC)cc3)nc2)cc1. The normalized spacial score (nSPS) is 11.1. The van der Waals surface area contributed by atoms with E-state index >= 15 is 0 Å². The van der Waals surface area contributed by atoms with E-state index in [1.807, 2.05) is 36.7 Å². The molecule has 0 aliphatic carbocycles. The summed E-state index contributed by atoms with van der Waals surface area (Å²) in [7, 11) is 0. The molecule has 172 valence electrons. The van der Waals surface area contributed by atoms with Gasteiger partial charge in [0.05, 0.1) is 6.42 Å². The average Bonchev–Trinajstić information content (AvgIpc) is 2.85. The molecule has 2 aromatic carbocycles. The second-order valence-corrected chi connectivity index (χ2v) is 8.27. The third-order valence-electron chi connectivity index (χ3n) is 5.53. The number of hydrogen-bond donors (Lipinski definition) is 0. The Morgan fingerprint density at radius 1 is 0.788 bits per heavy atom. The van der Waals surface area contributed by atoms with Gasteiger partial charge in [-0.1, -0.05) is 88.1 Å². The summed E-state index contributed by atoms with van der Waals surface area (Å²) in [6.07, 6.45) is 16.0. The highest BCUT2D eigenvalue weighted by molar-refractivity contribution is 5.74. The number of allylic oxidation sites excluding steroid dienone is 1. The van der Waals surface area contributed by atoms with Crippen molar-refractivity contribution in [2.75, 3.05) is 0 Å². The van der Waals surface area contributed by atoms with Gasteiger partial charge >= 0.3 is 5.97 Å². The molecule has 0 bridgehead atoms. The molecule has 0 radical (unpaired) electrons. The number of esters is 1. The fraction of sp³-hybridized carbons (Fsp3) is 0.345. The highest BCUT2D eigenvalue weighted by atomic mass is 16.5. The molecule has 0 aliphatic rings. The summed E-state index contributed by atoms with van der Waals surface area (Å²) in [5.41, 5.74) is 4.28. The van der Waals surface area contributed by atoms with Crippen LogP contribution in [0.25, 0.3) is 22.5 Å². The van der Waals surface area contributed by atoms with Gasteiger partial charge < -0.3 is 4.74 Å². The number of carbonyl (C=O) groups is 1. The van der Waals surface area contributed by atoms with Gasteiger partial charge in [-0.3, -0.25) is 4.79 Å². The van der Waals surface area contributed by atoms with E-state index in [2.05, 4.69) is 48.1 Å². The van der Waals surface area contributed by atoms with Crippen molar-refractivity contribution in [2.45, 2.75) is 65.2 Å². The zero-order valence-corrected chi connectivity index (χ0v) is 19.8. The molecule has 0 aliphatic heterocycles. The topological polar surface area (TPSA) is 52.1 Å². The van der Waals surface area contributed by atoms with E-state index in [1.165, 1.54) is 24.8 Å². The first-order chi connectivity index (χ1) is 16.2. The van der Waals surface area contributed by atoms with Crippen LogP contribution in [0.3, 0.4) is 0 Å². The fourth-order valence-electron chi connectivity index (χ4n) is 3.53. The summed E-state index contributed by atoms with van der Waals surface area (Å²) < 4.78 is 5.41. The van der Waals surface area contributed by atoms with Crippen LogP contribution < -0.4 is 4.74 Å². The lowest BCUT2D eigenvalue weighted by Crippen LogP contribution is -2.05. The van der Waals surface area contributed by atoms with Crippen molar-refractivity contribution in [2.24, 2.45) is 0 Å². The second-order valence-electron chi connectivity index (χ2n) is 8.27. The van der Waals surface area contributed by atoms with Crippen LogP contribution in [-0.4, -0.2) is 15.9 Å². The number of benzene rings is 2. The summed E-state index contributed by atoms with van der Waals surface area (Å²) in [6, 6.07) is 16.0. The molecule has 1 aromatic heterocycles. The third-order valence-corrected chi connectivity index (χ3v) is 5.53. The molecule has 0 fully saturated rings. The Labute approximate surface area is 197 Å². The van der Waals surface area contributed by atoms with Crippen molar-refractivity contribution >= 4 is 5.97 Å². The van der Waals surface area contributed by atoms with Crippen LogP contribution in [0.15, 0.2) is 73.1 Å². The van der Waals surface area contributed by atoms with Crippen LogP contribution in [0.5, 0.6) is 5.75 Å². The van der Waals surface area contributed by atoms with Crippen molar-refractivity contribution in [1.82, 2.24) is 9.97 Å². The minimum atomic E-state index is -0.250. The smallest absolute Gasteiger partial charge is 0.315 e. The van der Waals surface area contributed by atoms with Crippen LogP contribution in [0, 0.1) is 0 Å². The Morgan fingerprint density at radius 3 is 2.12 bits per heavy atom. The molecular formula is C29H34N2O2. The molecule has 0 spiro atoms. The molecule has 0 amide bonds. The minimum Gasteiger partial charge on any atom is -0.426 e. The highest BCUT2D eigenvalue weighted by Gasteiger charge is 2.06. The van der Waals surface area contributed by atoms with E-state index in [4.69, 9.17) is 4.74 Å². The van der Waals surface area contributed by atoms with Gasteiger partial charge in [-0.15, -0.1) is 0 Å². The largest absolute Gasteiger partial charge is 0.426 e.